The molecule has 1 aliphatic heterocycles. The van der Waals surface area contributed by atoms with Crippen LogP contribution in [0.2, 0.25) is 5.02 Å². The van der Waals surface area contributed by atoms with E-state index in [0.717, 1.165) is 11.6 Å². The predicted molar refractivity (Wildman–Crippen MR) is 103 cm³/mol. The van der Waals surface area contributed by atoms with Crippen LogP contribution < -0.4 is 10.6 Å². The monoisotopic (exact) mass is 399 g/mol. The number of furan rings is 1. The Kier molecular flexibility index (Phi) is 4.87. The molecule has 3 heterocycles. The number of carbonyl (C=O) groups is 2. The normalized spacial score (nSPS) is 15.7. The molecular formula is C19H18ClN5O3. The summed E-state index contributed by atoms with van der Waals surface area (Å²) in [4.78, 5) is 25.1. The van der Waals surface area contributed by atoms with Gasteiger partial charge in [-0.3, -0.25) is 9.59 Å². The number of benzene rings is 1. The molecule has 0 saturated carbocycles. The fraction of sp³-hybridized carbons (Fsp3) is 0.263. The van der Waals surface area contributed by atoms with Crippen LogP contribution in [0.1, 0.15) is 28.6 Å². The minimum atomic E-state index is -0.426. The van der Waals surface area contributed by atoms with Gasteiger partial charge in [0.1, 0.15) is 11.6 Å². The molecule has 2 N–H and O–H groups in total. The maximum Gasteiger partial charge on any atom is 0.291 e. The molecule has 3 aromatic rings. The van der Waals surface area contributed by atoms with Gasteiger partial charge in [-0.15, -0.1) is 10.2 Å². The van der Waals surface area contributed by atoms with Crippen LogP contribution in [-0.2, 0) is 17.8 Å². The SMILES string of the molecule is Cc1nnc2n1CC(C(=O)Nc1ccc(Cl)cc1NC(=O)c1ccco1)CC2. The molecule has 0 spiro atoms. The van der Waals surface area contributed by atoms with Gasteiger partial charge in [-0.05, 0) is 43.7 Å². The lowest BCUT2D eigenvalue weighted by atomic mass is 9.98. The lowest BCUT2D eigenvalue weighted by molar-refractivity contribution is -0.120. The molecule has 1 aliphatic rings. The van der Waals surface area contributed by atoms with Crippen LogP contribution in [0.4, 0.5) is 11.4 Å². The van der Waals surface area contributed by atoms with Gasteiger partial charge < -0.3 is 19.6 Å². The van der Waals surface area contributed by atoms with Crippen molar-refractivity contribution in [1.82, 2.24) is 14.8 Å². The van der Waals surface area contributed by atoms with E-state index in [1.54, 1.807) is 30.3 Å². The molecule has 8 nitrogen and oxygen atoms in total. The van der Waals surface area contributed by atoms with Gasteiger partial charge in [0.05, 0.1) is 23.6 Å². The van der Waals surface area contributed by atoms with Crippen LogP contribution in [0, 0.1) is 12.8 Å². The second-order valence-electron chi connectivity index (χ2n) is 6.62. The van der Waals surface area contributed by atoms with E-state index in [1.807, 2.05) is 11.5 Å². The van der Waals surface area contributed by atoms with E-state index < -0.39 is 5.91 Å². The third-order valence-electron chi connectivity index (χ3n) is 4.74. The number of rotatable bonds is 4. The number of amides is 2. The van der Waals surface area contributed by atoms with Gasteiger partial charge >= 0.3 is 0 Å². The maximum absolute atomic E-state index is 12.8. The van der Waals surface area contributed by atoms with Gasteiger partial charge in [0.2, 0.25) is 5.91 Å². The standard InChI is InChI=1S/C19H18ClN5O3/c1-11-23-24-17-7-4-12(10-25(11)17)18(26)21-14-6-5-13(20)9-15(14)22-19(27)16-3-2-8-28-16/h2-3,5-6,8-9,12H,4,7,10H2,1H3,(H,21,26)(H,22,27). The second-order valence-corrected chi connectivity index (χ2v) is 7.06. The molecule has 0 bridgehead atoms. The van der Waals surface area contributed by atoms with Crippen molar-refractivity contribution in [2.75, 3.05) is 10.6 Å². The summed E-state index contributed by atoms with van der Waals surface area (Å²) in [6, 6.07) is 8.08. The molecule has 28 heavy (non-hydrogen) atoms. The first-order valence-electron chi connectivity index (χ1n) is 8.85. The molecule has 4 rings (SSSR count). The Bertz CT molecular complexity index is 1030. The lowest BCUT2D eigenvalue weighted by Crippen LogP contribution is -2.32. The summed E-state index contributed by atoms with van der Waals surface area (Å²) >= 11 is 6.07. The van der Waals surface area contributed by atoms with Crippen molar-refractivity contribution in [3.8, 4) is 0 Å². The smallest absolute Gasteiger partial charge is 0.291 e. The number of hydrogen-bond donors (Lipinski definition) is 2. The van der Waals surface area contributed by atoms with E-state index in [1.165, 1.54) is 6.26 Å². The van der Waals surface area contributed by atoms with E-state index in [-0.39, 0.29) is 17.6 Å². The molecule has 1 unspecified atom stereocenters. The first-order chi connectivity index (χ1) is 13.5. The molecule has 1 atom stereocenters. The zero-order chi connectivity index (χ0) is 19.7. The molecular weight excluding hydrogens is 382 g/mol. The minimum absolute atomic E-state index is 0.130. The van der Waals surface area contributed by atoms with Gasteiger partial charge in [0.25, 0.3) is 5.91 Å². The number of aryl methyl sites for hydroxylation is 2. The summed E-state index contributed by atoms with van der Waals surface area (Å²) in [7, 11) is 0. The lowest BCUT2D eigenvalue weighted by Gasteiger charge is -2.23. The zero-order valence-electron chi connectivity index (χ0n) is 15.1. The first-order valence-corrected chi connectivity index (χ1v) is 9.23. The largest absolute Gasteiger partial charge is 0.459 e. The summed E-state index contributed by atoms with van der Waals surface area (Å²) in [5.74, 6) is 1.09. The topological polar surface area (TPSA) is 102 Å². The van der Waals surface area contributed by atoms with Gasteiger partial charge in [-0.25, -0.2) is 0 Å². The Hall–Kier alpha value is -3.13. The third-order valence-corrected chi connectivity index (χ3v) is 4.97. The molecule has 2 aromatic heterocycles. The number of anilines is 2. The molecule has 0 aliphatic carbocycles. The van der Waals surface area contributed by atoms with Crippen molar-refractivity contribution in [2.45, 2.75) is 26.3 Å². The molecule has 0 saturated heterocycles. The van der Waals surface area contributed by atoms with Crippen LogP contribution in [0.15, 0.2) is 41.0 Å². The molecule has 2 amide bonds. The minimum Gasteiger partial charge on any atom is -0.459 e. The summed E-state index contributed by atoms with van der Waals surface area (Å²) in [6.07, 6.45) is 2.80. The maximum atomic E-state index is 12.8. The average Bonchev–Trinajstić information content (AvgIpc) is 3.34. The Labute approximate surface area is 165 Å². The van der Waals surface area contributed by atoms with Crippen LogP contribution in [-0.4, -0.2) is 26.6 Å². The molecule has 0 fully saturated rings. The highest BCUT2D eigenvalue weighted by molar-refractivity contribution is 6.31. The van der Waals surface area contributed by atoms with Crippen LogP contribution in [0.5, 0.6) is 0 Å². The number of carbonyl (C=O) groups excluding carboxylic acids is 2. The molecule has 0 radical (unpaired) electrons. The van der Waals surface area contributed by atoms with Crippen molar-refractivity contribution in [1.29, 1.82) is 0 Å². The molecule has 1 aromatic carbocycles. The van der Waals surface area contributed by atoms with E-state index >= 15 is 0 Å². The number of halogens is 1. The van der Waals surface area contributed by atoms with Crippen LogP contribution in [0.25, 0.3) is 0 Å². The van der Waals surface area contributed by atoms with Crippen molar-refractivity contribution < 1.29 is 14.0 Å². The van der Waals surface area contributed by atoms with Gasteiger partial charge in [-0.1, -0.05) is 11.6 Å². The number of hydrogen-bond acceptors (Lipinski definition) is 5. The average molecular weight is 400 g/mol. The quantitative estimate of drug-likeness (QED) is 0.700. The summed E-state index contributed by atoms with van der Waals surface area (Å²) in [6.45, 7) is 2.40. The fourth-order valence-corrected chi connectivity index (χ4v) is 3.40. The summed E-state index contributed by atoms with van der Waals surface area (Å²) in [5.41, 5.74) is 0.875. The van der Waals surface area contributed by atoms with Gasteiger partial charge in [-0.2, -0.15) is 0 Å². The Morgan fingerprint density at radius 2 is 2.07 bits per heavy atom. The summed E-state index contributed by atoms with van der Waals surface area (Å²) < 4.78 is 7.07. The number of aromatic nitrogens is 3. The highest BCUT2D eigenvalue weighted by Crippen LogP contribution is 2.28. The Morgan fingerprint density at radius 3 is 2.86 bits per heavy atom. The number of nitrogens with one attached hydrogen (secondary N) is 2. The van der Waals surface area contributed by atoms with Crippen molar-refractivity contribution in [3.05, 3.63) is 59.0 Å². The Balaban J connectivity index is 1.51. The van der Waals surface area contributed by atoms with Crippen molar-refractivity contribution >= 4 is 34.8 Å². The second kappa shape index (κ2) is 7.47. The van der Waals surface area contributed by atoms with Crippen molar-refractivity contribution in [2.24, 2.45) is 5.92 Å². The van der Waals surface area contributed by atoms with E-state index in [4.69, 9.17) is 16.0 Å². The highest BCUT2D eigenvalue weighted by Gasteiger charge is 2.27. The highest BCUT2D eigenvalue weighted by atomic mass is 35.5. The van der Waals surface area contributed by atoms with E-state index in [2.05, 4.69) is 20.8 Å². The van der Waals surface area contributed by atoms with Gasteiger partial charge in [0.15, 0.2) is 5.76 Å². The molecule has 9 heteroatoms. The van der Waals surface area contributed by atoms with E-state index in [9.17, 15) is 9.59 Å². The van der Waals surface area contributed by atoms with Gasteiger partial charge in [0, 0.05) is 18.0 Å². The zero-order valence-corrected chi connectivity index (χ0v) is 15.9. The first kappa shape index (κ1) is 18.2. The third kappa shape index (κ3) is 3.63. The molecule has 144 valence electrons. The fourth-order valence-electron chi connectivity index (χ4n) is 3.23. The van der Waals surface area contributed by atoms with E-state index in [0.29, 0.717) is 35.8 Å². The predicted octanol–water partition coefficient (Wildman–Crippen LogP) is 3.29. The summed E-state index contributed by atoms with van der Waals surface area (Å²) in [5, 5.41) is 14.3. The number of nitrogens with zero attached hydrogens (tertiary/aromatic N) is 3. The number of fused-ring (bicyclic) bond motifs is 1. The van der Waals surface area contributed by atoms with Crippen LogP contribution in [0.3, 0.4) is 0 Å². The Morgan fingerprint density at radius 1 is 1.21 bits per heavy atom. The van der Waals surface area contributed by atoms with Crippen LogP contribution >= 0.6 is 11.6 Å². The van der Waals surface area contributed by atoms with Crippen molar-refractivity contribution in [3.63, 3.8) is 0 Å².